The first kappa shape index (κ1) is 19.0. The van der Waals surface area contributed by atoms with Crippen molar-refractivity contribution in [1.82, 2.24) is 4.57 Å². The van der Waals surface area contributed by atoms with Crippen LogP contribution in [0, 0.1) is 18.3 Å². The lowest BCUT2D eigenvalue weighted by Gasteiger charge is -2.17. The summed E-state index contributed by atoms with van der Waals surface area (Å²) < 4.78 is 1.16. The molecule has 6 nitrogen and oxygen atoms in total. The van der Waals surface area contributed by atoms with Crippen molar-refractivity contribution in [2.75, 3.05) is 0 Å². The van der Waals surface area contributed by atoms with Crippen LogP contribution in [-0.2, 0) is 0 Å². The molecule has 1 heterocycles. The van der Waals surface area contributed by atoms with Gasteiger partial charge in [0.15, 0.2) is 5.69 Å². The zero-order chi connectivity index (χ0) is 18.7. The highest BCUT2D eigenvalue weighted by Gasteiger charge is 2.21. The van der Waals surface area contributed by atoms with Gasteiger partial charge in [-0.05, 0) is 38.5 Å². The number of halogens is 2. The van der Waals surface area contributed by atoms with Crippen molar-refractivity contribution in [3.63, 3.8) is 0 Å². The molecule has 2 aromatic rings. The summed E-state index contributed by atoms with van der Waals surface area (Å²) in [5, 5.41) is 28.3. The van der Waals surface area contributed by atoms with E-state index in [1.165, 1.54) is 6.07 Å². The average Bonchev–Trinajstić information content (AvgIpc) is 2.58. The molecule has 1 unspecified atom stereocenters. The number of aromatic nitrogens is 1. The van der Waals surface area contributed by atoms with Crippen molar-refractivity contribution in [3.8, 4) is 11.9 Å². The van der Waals surface area contributed by atoms with Crippen molar-refractivity contribution in [2.24, 2.45) is 10.2 Å². The summed E-state index contributed by atoms with van der Waals surface area (Å²) in [5.41, 5.74) is 0.180. The maximum atomic E-state index is 12.7. The van der Waals surface area contributed by atoms with E-state index >= 15 is 0 Å². The van der Waals surface area contributed by atoms with Crippen molar-refractivity contribution < 1.29 is 5.11 Å². The SMILES string of the molecule is CCC(C)n1c(O)c(C#N)c(C)c(N=Nc2ccc(Cl)c(Cl)c2)c1=O. The summed E-state index contributed by atoms with van der Waals surface area (Å²) in [4.78, 5) is 12.7. The van der Waals surface area contributed by atoms with Crippen LogP contribution in [-0.4, -0.2) is 9.67 Å². The van der Waals surface area contributed by atoms with Crippen LogP contribution in [0.4, 0.5) is 11.4 Å². The topological polar surface area (TPSA) is 90.7 Å². The Morgan fingerprint density at radius 1 is 1.32 bits per heavy atom. The molecule has 0 saturated heterocycles. The normalized spacial score (nSPS) is 12.3. The first-order chi connectivity index (χ1) is 11.8. The van der Waals surface area contributed by atoms with Crippen LogP contribution in [0.1, 0.15) is 37.4 Å². The lowest BCUT2D eigenvalue weighted by molar-refractivity contribution is 0.372. The fourth-order valence-electron chi connectivity index (χ4n) is 2.28. The van der Waals surface area contributed by atoms with Gasteiger partial charge in [-0.2, -0.15) is 10.4 Å². The first-order valence-corrected chi connectivity index (χ1v) is 8.32. The van der Waals surface area contributed by atoms with Crippen LogP contribution < -0.4 is 5.56 Å². The molecule has 0 amide bonds. The molecular formula is C17H16Cl2N4O2. The molecule has 0 spiro atoms. The Morgan fingerprint density at radius 3 is 2.56 bits per heavy atom. The van der Waals surface area contributed by atoms with Gasteiger partial charge < -0.3 is 5.11 Å². The highest BCUT2D eigenvalue weighted by Crippen LogP contribution is 2.31. The van der Waals surface area contributed by atoms with Gasteiger partial charge in [0, 0.05) is 11.6 Å². The second kappa shape index (κ2) is 7.68. The summed E-state index contributed by atoms with van der Waals surface area (Å²) >= 11 is 11.8. The quantitative estimate of drug-likeness (QED) is 0.719. The van der Waals surface area contributed by atoms with Crippen LogP contribution in [0.3, 0.4) is 0 Å². The minimum absolute atomic E-state index is 0.000669. The van der Waals surface area contributed by atoms with Gasteiger partial charge in [-0.3, -0.25) is 9.36 Å². The van der Waals surface area contributed by atoms with E-state index in [9.17, 15) is 15.2 Å². The van der Waals surface area contributed by atoms with E-state index in [1.807, 2.05) is 13.0 Å². The van der Waals surface area contributed by atoms with E-state index in [4.69, 9.17) is 23.2 Å². The Kier molecular flexibility index (Phi) is 5.83. The second-order valence-electron chi connectivity index (χ2n) is 5.51. The predicted molar refractivity (Wildman–Crippen MR) is 97.5 cm³/mol. The van der Waals surface area contributed by atoms with E-state index in [0.29, 0.717) is 22.2 Å². The molecule has 8 heteroatoms. The van der Waals surface area contributed by atoms with Crippen molar-refractivity contribution in [1.29, 1.82) is 5.26 Å². The Morgan fingerprint density at radius 2 is 2.00 bits per heavy atom. The molecule has 130 valence electrons. The third-order valence-corrected chi connectivity index (χ3v) is 4.65. The first-order valence-electron chi connectivity index (χ1n) is 7.56. The Balaban J connectivity index is 2.64. The van der Waals surface area contributed by atoms with E-state index in [0.717, 1.165) is 4.57 Å². The van der Waals surface area contributed by atoms with Gasteiger partial charge in [-0.15, -0.1) is 5.11 Å². The number of nitriles is 1. The molecule has 0 aliphatic heterocycles. The van der Waals surface area contributed by atoms with Crippen LogP contribution in [0.5, 0.6) is 5.88 Å². The molecule has 1 aromatic carbocycles. The molecule has 0 radical (unpaired) electrons. The molecule has 0 aliphatic rings. The molecule has 1 N–H and O–H groups in total. The molecule has 1 aromatic heterocycles. The van der Waals surface area contributed by atoms with Crippen molar-refractivity contribution in [3.05, 3.63) is 49.7 Å². The van der Waals surface area contributed by atoms with Gasteiger partial charge >= 0.3 is 0 Å². The summed E-state index contributed by atoms with van der Waals surface area (Å²) in [6.07, 6.45) is 0.602. The predicted octanol–water partition coefficient (Wildman–Crippen LogP) is 5.43. The number of benzene rings is 1. The van der Waals surface area contributed by atoms with Gasteiger partial charge in [0.2, 0.25) is 5.88 Å². The van der Waals surface area contributed by atoms with E-state index in [1.54, 1.807) is 26.0 Å². The Hall–Kier alpha value is -2.36. The maximum Gasteiger partial charge on any atom is 0.281 e. The average molecular weight is 379 g/mol. The molecule has 25 heavy (non-hydrogen) atoms. The number of aromatic hydroxyl groups is 1. The summed E-state index contributed by atoms with van der Waals surface area (Å²) in [7, 11) is 0. The zero-order valence-electron chi connectivity index (χ0n) is 13.9. The van der Waals surface area contributed by atoms with Crippen molar-refractivity contribution >= 4 is 34.6 Å². The number of hydrogen-bond acceptors (Lipinski definition) is 5. The second-order valence-corrected chi connectivity index (χ2v) is 6.33. The fraction of sp³-hybridized carbons (Fsp3) is 0.294. The van der Waals surface area contributed by atoms with E-state index < -0.39 is 5.56 Å². The molecular weight excluding hydrogens is 363 g/mol. The van der Waals surface area contributed by atoms with Gasteiger partial charge in [-0.1, -0.05) is 30.1 Å². The van der Waals surface area contributed by atoms with Gasteiger partial charge in [-0.25, -0.2) is 0 Å². The van der Waals surface area contributed by atoms with Crippen LogP contribution >= 0.6 is 23.2 Å². The number of hydrogen-bond donors (Lipinski definition) is 1. The Bertz CT molecular complexity index is 945. The summed E-state index contributed by atoms with van der Waals surface area (Å²) in [6.45, 7) is 5.20. The molecule has 0 fully saturated rings. The number of pyridine rings is 1. The fourth-order valence-corrected chi connectivity index (χ4v) is 2.57. The van der Waals surface area contributed by atoms with E-state index in [2.05, 4.69) is 10.2 Å². The maximum absolute atomic E-state index is 12.7. The lowest BCUT2D eigenvalue weighted by atomic mass is 10.1. The van der Waals surface area contributed by atoms with Gasteiger partial charge in [0.1, 0.15) is 11.6 Å². The number of rotatable bonds is 4. The minimum Gasteiger partial charge on any atom is -0.493 e. The largest absolute Gasteiger partial charge is 0.493 e. The third-order valence-electron chi connectivity index (χ3n) is 3.92. The van der Waals surface area contributed by atoms with Gasteiger partial charge in [0.25, 0.3) is 5.56 Å². The monoisotopic (exact) mass is 378 g/mol. The van der Waals surface area contributed by atoms with Gasteiger partial charge in [0.05, 0.1) is 15.7 Å². The van der Waals surface area contributed by atoms with Crippen LogP contribution in [0.15, 0.2) is 33.2 Å². The Labute approximate surface area is 155 Å². The van der Waals surface area contributed by atoms with Crippen LogP contribution in [0.2, 0.25) is 10.0 Å². The summed E-state index contributed by atoms with van der Waals surface area (Å²) in [6, 6.07) is 6.31. The van der Waals surface area contributed by atoms with E-state index in [-0.39, 0.29) is 28.7 Å². The molecule has 2 rings (SSSR count). The summed E-state index contributed by atoms with van der Waals surface area (Å²) in [5.74, 6) is -0.354. The smallest absolute Gasteiger partial charge is 0.281 e. The molecule has 0 aliphatic carbocycles. The minimum atomic E-state index is -0.507. The standard InChI is InChI=1S/C17H16Cl2N4O2/c1-4-9(2)23-16(24)12(8-20)10(3)15(17(23)25)22-21-11-5-6-13(18)14(19)7-11/h5-7,9,24H,4H2,1-3H3. The highest BCUT2D eigenvalue weighted by molar-refractivity contribution is 6.42. The molecule has 0 saturated carbocycles. The van der Waals surface area contributed by atoms with Crippen molar-refractivity contribution in [2.45, 2.75) is 33.2 Å². The number of nitrogens with zero attached hydrogens (tertiary/aromatic N) is 4. The zero-order valence-corrected chi connectivity index (χ0v) is 15.4. The third kappa shape index (κ3) is 3.68. The lowest BCUT2D eigenvalue weighted by Crippen LogP contribution is -2.24. The van der Waals surface area contributed by atoms with Crippen LogP contribution in [0.25, 0.3) is 0 Å². The number of azo groups is 1. The highest BCUT2D eigenvalue weighted by atomic mass is 35.5. The molecule has 1 atom stereocenters. The molecule has 0 bridgehead atoms.